The molecule has 16 rings (SSSR count). The average molecular weight is 2270 g/mol. The molecule has 14 nitrogen and oxygen atoms in total. The third kappa shape index (κ3) is 29.2. The van der Waals surface area contributed by atoms with E-state index >= 15 is 0 Å². The molecule has 14 atom stereocenters. The van der Waals surface area contributed by atoms with Gasteiger partial charge in [-0.05, 0) is 190 Å². The van der Waals surface area contributed by atoms with Crippen molar-refractivity contribution >= 4 is 70.6 Å². The van der Waals surface area contributed by atoms with Crippen LogP contribution in [0.4, 0.5) is 0 Å². The van der Waals surface area contributed by atoms with E-state index in [1.165, 1.54) is 180 Å². The number of ether oxygens (including phenoxy) is 6. The second-order valence-electron chi connectivity index (χ2n) is 34.6. The molecule has 16 aliphatic rings. The number of rotatable bonds is 0. The maximum Gasteiger partial charge on any atom is 0.0629 e. The van der Waals surface area contributed by atoms with Crippen LogP contribution in [0, 0.1) is 47.3 Å². The summed E-state index contributed by atoms with van der Waals surface area (Å²) < 4.78 is 37.0. The molecule has 14 unspecified atom stereocenters. The van der Waals surface area contributed by atoms with Gasteiger partial charge in [0.25, 0.3) is 0 Å². The fourth-order valence-corrected chi connectivity index (χ4v) is 29.2. The zero-order valence-electron chi connectivity index (χ0n) is 75.2. The molecule has 16 aliphatic heterocycles. The molecule has 8 radical (unpaired) electrons. The van der Waals surface area contributed by atoms with E-state index in [0.717, 1.165) is 78.8 Å². The van der Waals surface area contributed by atoms with Crippen molar-refractivity contribution in [2.75, 3.05) is 183 Å². The normalized spacial score (nSPS) is 38.4. The molecule has 0 aromatic carbocycles. The summed E-state index contributed by atoms with van der Waals surface area (Å²) in [5.74, 6) is 20.1. The molecule has 0 amide bonds. The predicted molar refractivity (Wildman–Crippen MR) is 454 cm³/mol. The molecule has 8 spiro atoms. The third-order valence-corrected chi connectivity index (χ3v) is 38.7. The molecule has 0 saturated carbocycles. The third-order valence-electron chi connectivity index (χ3n) is 28.7. The van der Waals surface area contributed by atoms with Crippen LogP contribution in [0.15, 0.2) is 0 Å². The van der Waals surface area contributed by atoms with Gasteiger partial charge in [0.1, 0.15) is 0 Å². The van der Waals surface area contributed by atoms with Crippen molar-refractivity contribution in [1.29, 1.82) is 0 Å². The molecular formula is C84H152N8O6S6Y8-8. The van der Waals surface area contributed by atoms with Crippen molar-refractivity contribution in [2.24, 2.45) is 0 Å². The van der Waals surface area contributed by atoms with Crippen LogP contribution >= 0.6 is 70.6 Å². The largest absolute Gasteiger partial charge is 0.405 e. The molecule has 0 aliphatic carbocycles. The molecule has 28 heteroatoms. The average Bonchev–Trinajstić information content (AvgIpc) is 1.70. The minimum absolute atomic E-state index is 0. The van der Waals surface area contributed by atoms with Crippen LogP contribution in [0.3, 0.4) is 0 Å². The van der Waals surface area contributed by atoms with Crippen LogP contribution in [0.2, 0.25) is 0 Å². The number of hydrogen-bond donors (Lipinski definition) is 0. The van der Waals surface area contributed by atoms with Gasteiger partial charge in [-0.15, -0.1) is 48.3 Å². The van der Waals surface area contributed by atoms with Crippen molar-refractivity contribution in [3.63, 3.8) is 0 Å². The maximum absolute atomic E-state index is 6.00. The Morgan fingerprint density at radius 2 is 0.536 bits per heavy atom. The van der Waals surface area contributed by atoms with E-state index in [1.54, 1.807) is 17.8 Å². The molecule has 112 heavy (non-hydrogen) atoms. The van der Waals surface area contributed by atoms with Gasteiger partial charge in [-0.1, -0.05) is 116 Å². The van der Waals surface area contributed by atoms with Gasteiger partial charge in [-0.3, -0.25) is 41.4 Å². The van der Waals surface area contributed by atoms with Gasteiger partial charge in [0, 0.05) is 331 Å². The first-order chi connectivity index (χ1) is 49.3. The van der Waals surface area contributed by atoms with E-state index in [2.05, 4.69) is 253 Å². The van der Waals surface area contributed by atoms with E-state index in [0.29, 0.717) is 61.9 Å². The summed E-state index contributed by atoms with van der Waals surface area (Å²) in [5.41, 5.74) is 0.235. The summed E-state index contributed by atoms with van der Waals surface area (Å²) in [5, 5.41) is 0. The minimum atomic E-state index is -0.383. The molecule has 16 saturated heterocycles. The minimum Gasteiger partial charge on any atom is -0.405 e. The Morgan fingerprint density at radius 3 is 0.804 bits per heavy atom. The molecule has 0 bridgehead atoms. The molecule has 632 valence electrons. The number of likely N-dealkylation sites (tertiary alicyclic amines) is 8. The van der Waals surface area contributed by atoms with Crippen molar-refractivity contribution in [1.82, 2.24) is 39.2 Å². The van der Waals surface area contributed by atoms with Gasteiger partial charge < -0.3 is 67.6 Å². The van der Waals surface area contributed by atoms with Crippen molar-refractivity contribution < 1.29 is 290 Å². The first-order valence-electron chi connectivity index (χ1n) is 41.3. The number of likely N-dealkylation sites (N-methyl/N-ethyl adjacent to an activating group) is 5. The first kappa shape index (κ1) is 120. The van der Waals surface area contributed by atoms with Crippen LogP contribution < -0.4 is 0 Å². The van der Waals surface area contributed by atoms with E-state index in [1.807, 2.05) is 23.5 Å². The summed E-state index contributed by atoms with van der Waals surface area (Å²) in [6.07, 6.45) is 21.0. The second kappa shape index (κ2) is 55.3. The quantitative estimate of drug-likeness (QED) is 0.216. The zero-order chi connectivity index (χ0) is 75.8. The smallest absolute Gasteiger partial charge is 0.0629 e. The fraction of sp³-hybridized carbons (Fsp3) is 0.905. The van der Waals surface area contributed by atoms with E-state index in [9.17, 15) is 0 Å². The Kier molecular flexibility index (Phi) is 59.4. The summed E-state index contributed by atoms with van der Waals surface area (Å²) >= 11 is 12.7. The topological polar surface area (TPSA) is 81.3 Å². The first-order valence-corrected chi connectivity index (χ1v) is 47.2. The molecule has 0 aromatic heterocycles. The van der Waals surface area contributed by atoms with Gasteiger partial charge in [-0.2, -0.15) is 126 Å². The molecule has 16 heterocycles. The standard InChI is InChI=1S/2C11H20NO.2C11H20NS.C10H18NO2.2C10H18NOS.C10H18NS2.8Y/c4*1-9-10(2)12(3)8-11(9)6-4-5-7-13-11;4*1-8-9(2)11(3)7-10(8)12-5-4-6-13-10;;;;;;;;/h4*10H,4-8H2,1-3H3;4*9H,4-7H2,1-3H3;;;;;;;;/q8*-1;;;;;;;;. The monoisotopic (exact) mass is 2270 g/mol. The summed E-state index contributed by atoms with van der Waals surface area (Å²) in [6.45, 7) is 51.0. The van der Waals surface area contributed by atoms with Gasteiger partial charge in [0.05, 0.1) is 5.79 Å². The Morgan fingerprint density at radius 1 is 0.241 bits per heavy atom. The molecule has 0 aromatic rings. The van der Waals surface area contributed by atoms with Crippen molar-refractivity contribution in [3.05, 3.63) is 47.3 Å². The molecular weight excluding hydrogens is 2120 g/mol. The Bertz CT molecular complexity index is 2060. The van der Waals surface area contributed by atoms with Gasteiger partial charge >= 0.3 is 0 Å². The van der Waals surface area contributed by atoms with Crippen molar-refractivity contribution in [2.45, 2.75) is 302 Å². The van der Waals surface area contributed by atoms with Crippen LogP contribution in [-0.4, -0.2) is 311 Å². The summed E-state index contributed by atoms with van der Waals surface area (Å²) in [6, 6.07) is 4.89. The van der Waals surface area contributed by atoms with Gasteiger partial charge in [-0.25, -0.2) is 5.92 Å². The van der Waals surface area contributed by atoms with E-state index in [-0.39, 0.29) is 289 Å². The number of hydrogen-bond acceptors (Lipinski definition) is 20. The Hall–Kier alpha value is 10.4. The SMILES string of the molecule is C[C-]1C(C)N(C)CC12CCCCO2.C[C-]1C(C)N(C)CC12CCCCO2.C[C-]1C(C)N(C)CC12CCCCS2.C[C-]1C(C)N(C)CC12CCCCS2.C[C-]1C(C)N(C)CC12OCCCO2.C[C-]1C(C)N(C)CC12OCCCS2.C[C-]1C(C)N(C)CC12OCCCS2.C[C-]1C(C)N(C)CC12SCCCS2.[Y].[Y].[Y].[Y].[Y].[Y].[Y].[Y]. The number of thioether (sulfide) groups is 6. The molecule has 16 fully saturated rings. The number of nitrogens with zero attached hydrogens (tertiary/aromatic N) is 8. The zero-order valence-corrected chi connectivity index (χ0v) is 103. The van der Waals surface area contributed by atoms with Crippen LogP contribution in [0.25, 0.3) is 0 Å². The van der Waals surface area contributed by atoms with Crippen molar-refractivity contribution in [3.8, 4) is 0 Å². The Labute approximate surface area is 917 Å². The van der Waals surface area contributed by atoms with E-state index < -0.39 is 0 Å². The van der Waals surface area contributed by atoms with Crippen LogP contribution in [-0.2, 0) is 290 Å². The summed E-state index contributed by atoms with van der Waals surface area (Å²) in [7, 11) is 17.6. The maximum atomic E-state index is 6.00. The van der Waals surface area contributed by atoms with Gasteiger partial charge in [0.15, 0.2) is 0 Å². The van der Waals surface area contributed by atoms with Crippen LogP contribution in [0.1, 0.15) is 214 Å². The Balaban J connectivity index is 0.000000634. The van der Waals surface area contributed by atoms with Crippen LogP contribution in [0.5, 0.6) is 0 Å². The predicted octanol–water partition coefficient (Wildman–Crippen LogP) is 15.9. The summed E-state index contributed by atoms with van der Waals surface area (Å²) in [4.78, 5) is 19.4. The fourth-order valence-electron chi connectivity index (χ4n) is 19.2. The molecule has 0 N–H and O–H groups in total. The second-order valence-corrected chi connectivity index (χ2v) is 43.3. The van der Waals surface area contributed by atoms with E-state index in [4.69, 9.17) is 28.4 Å². The van der Waals surface area contributed by atoms with Gasteiger partial charge in [0.2, 0.25) is 0 Å².